The van der Waals surface area contributed by atoms with Gasteiger partial charge in [-0.2, -0.15) is 13.2 Å². The van der Waals surface area contributed by atoms with Gasteiger partial charge in [0, 0.05) is 45.1 Å². The van der Waals surface area contributed by atoms with Gasteiger partial charge in [-0.1, -0.05) is 17.7 Å². The highest BCUT2D eigenvalue weighted by Gasteiger charge is 2.32. The van der Waals surface area contributed by atoms with Gasteiger partial charge in [-0.3, -0.25) is 4.98 Å². The Bertz CT molecular complexity index is 793. The molecule has 0 bridgehead atoms. The lowest BCUT2D eigenvalue weighted by Gasteiger charge is -2.36. The molecule has 5 nitrogen and oxygen atoms in total. The first-order valence-electron chi connectivity index (χ1n) is 8.38. The summed E-state index contributed by atoms with van der Waals surface area (Å²) < 4.78 is 38.8. The molecule has 9 heteroatoms. The molecule has 1 N–H and O–H groups in total. The molecular weight excluding hydrogens is 381 g/mol. The van der Waals surface area contributed by atoms with Gasteiger partial charge in [0.1, 0.15) is 0 Å². The van der Waals surface area contributed by atoms with Crippen LogP contribution in [0.1, 0.15) is 11.1 Å². The zero-order chi connectivity index (χ0) is 19.4. The van der Waals surface area contributed by atoms with E-state index in [-0.39, 0.29) is 11.1 Å². The van der Waals surface area contributed by atoms with E-state index in [0.717, 1.165) is 17.7 Å². The van der Waals surface area contributed by atoms with E-state index in [1.165, 1.54) is 6.07 Å². The van der Waals surface area contributed by atoms with E-state index in [1.807, 2.05) is 6.07 Å². The van der Waals surface area contributed by atoms with E-state index >= 15 is 0 Å². The molecule has 1 saturated heterocycles. The minimum Gasteiger partial charge on any atom is -0.367 e. The smallest absolute Gasteiger partial charge is 0.367 e. The fourth-order valence-electron chi connectivity index (χ4n) is 2.87. The summed E-state index contributed by atoms with van der Waals surface area (Å²) in [6, 6.07) is 6.72. The molecule has 1 aromatic carbocycles. The maximum absolute atomic E-state index is 12.9. The third-order valence-electron chi connectivity index (χ3n) is 4.35. The molecule has 144 valence electrons. The van der Waals surface area contributed by atoms with Gasteiger partial charge in [-0.25, -0.2) is 4.79 Å². The Hall–Kier alpha value is -2.48. The summed E-state index contributed by atoms with van der Waals surface area (Å²) >= 11 is 6.09. The van der Waals surface area contributed by atoms with Gasteiger partial charge in [-0.15, -0.1) is 0 Å². The van der Waals surface area contributed by atoms with E-state index in [4.69, 9.17) is 11.6 Å². The number of carbonyl (C=O) groups excluding carboxylic acids is 1. The number of benzene rings is 1. The lowest BCUT2D eigenvalue weighted by Crippen LogP contribution is -2.51. The second-order valence-electron chi connectivity index (χ2n) is 6.16. The number of nitrogens with zero attached hydrogens (tertiary/aromatic N) is 3. The molecule has 1 aliphatic heterocycles. The molecule has 0 saturated carbocycles. The lowest BCUT2D eigenvalue weighted by molar-refractivity contribution is -0.137. The predicted molar refractivity (Wildman–Crippen MR) is 96.7 cm³/mol. The quantitative estimate of drug-likeness (QED) is 0.855. The lowest BCUT2D eigenvalue weighted by atomic mass is 10.1. The van der Waals surface area contributed by atoms with Gasteiger partial charge >= 0.3 is 12.2 Å². The fourth-order valence-corrected chi connectivity index (χ4v) is 3.11. The van der Waals surface area contributed by atoms with Crippen LogP contribution < -0.4 is 10.2 Å². The topological polar surface area (TPSA) is 48.5 Å². The van der Waals surface area contributed by atoms with Gasteiger partial charge in [-0.05, 0) is 29.8 Å². The zero-order valence-electron chi connectivity index (χ0n) is 14.3. The number of pyridine rings is 1. The second kappa shape index (κ2) is 8.04. The number of urea groups is 1. The molecule has 2 amide bonds. The highest BCUT2D eigenvalue weighted by atomic mass is 35.5. The predicted octanol–water partition coefficient (Wildman–Crippen LogP) is 3.79. The molecule has 0 radical (unpaired) electrons. The van der Waals surface area contributed by atoms with Crippen molar-refractivity contribution < 1.29 is 18.0 Å². The standard InChI is InChI=1S/C18H18ClF3N4O/c19-15-4-3-14(18(20,21)22)10-16(15)25-6-8-26(9-7-25)17(27)24-12-13-2-1-5-23-11-13/h1-5,10-11H,6-9,12H2,(H,24,27). The molecule has 3 rings (SSSR count). The number of piperazine rings is 1. The molecule has 2 aromatic rings. The van der Waals surface area contributed by atoms with Crippen LogP contribution in [0.5, 0.6) is 0 Å². The van der Waals surface area contributed by atoms with Gasteiger partial charge in [0.05, 0.1) is 16.3 Å². The Morgan fingerprint density at radius 2 is 1.93 bits per heavy atom. The van der Waals surface area contributed by atoms with E-state index in [2.05, 4.69) is 10.3 Å². The van der Waals surface area contributed by atoms with Crippen LogP contribution in [0.25, 0.3) is 0 Å². The maximum Gasteiger partial charge on any atom is 0.416 e. The molecule has 0 spiro atoms. The molecule has 0 unspecified atom stereocenters. The van der Waals surface area contributed by atoms with Crippen molar-refractivity contribution >= 4 is 23.3 Å². The molecule has 27 heavy (non-hydrogen) atoms. The van der Waals surface area contributed by atoms with Gasteiger partial charge in [0.25, 0.3) is 0 Å². The first-order chi connectivity index (χ1) is 12.8. The maximum atomic E-state index is 12.9. The Morgan fingerprint density at radius 3 is 2.56 bits per heavy atom. The Balaban J connectivity index is 1.58. The van der Waals surface area contributed by atoms with Crippen LogP contribution in [0.4, 0.5) is 23.7 Å². The number of halogens is 4. The molecule has 1 fully saturated rings. The van der Waals surface area contributed by atoms with E-state index in [1.54, 1.807) is 28.3 Å². The zero-order valence-corrected chi connectivity index (χ0v) is 15.1. The van der Waals surface area contributed by atoms with Crippen molar-refractivity contribution in [1.82, 2.24) is 15.2 Å². The Kier molecular flexibility index (Phi) is 5.74. The molecule has 0 atom stereocenters. The number of hydrogen-bond acceptors (Lipinski definition) is 3. The van der Waals surface area contributed by atoms with Crippen LogP contribution in [-0.2, 0) is 12.7 Å². The van der Waals surface area contributed by atoms with Crippen LogP contribution >= 0.6 is 11.6 Å². The molecular formula is C18H18ClF3N4O. The third kappa shape index (κ3) is 4.82. The third-order valence-corrected chi connectivity index (χ3v) is 4.67. The summed E-state index contributed by atoms with van der Waals surface area (Å²) in [6.07, 6.45) is -1.09. The molecule has 1 aromatic heterocycles. The number of rotatable bonds is 3. The van der Waals surface area contributed by atoms with Crippen LogP contribution in [0, 0.1) is 0 Å². The van der Waals surface area contributed by atoms with Crippen LogP contribution in [0.15, 0.2) is 42.7 Å². The summed E-state index contributed by atoms with van der Waals surface area (Å²) in [4.78, 5) is 19.7. The monoisotopic (exact) mass is 398 g/mol. The summed E-state index contributed by atoms with van der Waals surface area (Å²) in [7, 11) is 0. The van der Waals surface area contributed by atoms with Crippen LogP contribution in [0.2, 0.25) is 5.02 Å². The van der Waals surface area contributed by atoms with E-state index in [9.17, 15) is 18.0 Å². The second-order valence-corrected chi connectivity index (χ2v) is 6.57. The highest BCUT2D eigenvalue weighted by molar-refractivity contribution is 6.33. The number of hydrogen-bond donors (Lipinski definition) is 1. The highest BCUT2D eigenvalue weighted by Crippen LogP contribution is 2.35. The van der Waals surface area contributed by atoms with E-state index < -0.39 is 11.7 Å². The molecule has 0 aliphatic carbocycles. The normalized spacial score (nSPS) is 15.0. The van der Waals surface area contributed by atoms with Crippen LogP contribution in [-0.4, -0.2) is 42.1 Å². The summed E-state index contributed by atoms with van der Waals surface area (Å²) in [5, 5.41) is 3.08. The summed E-state index contributed by atoms with van der Waals surface area (Å²) in [5.41, 5.74) is 0.487. The van der Waals surface area contributed by atoms with Crippen molar-refractivity contribution in [1.29, 1.82) is 0 Å². The van der Waals surface area contributed by atoms with Crippen molar-refractivity contribution in [2.75, 3.05) is 31.1 Å². The van der Waals surface area contributed by atoms with Gasteiger partial charge in [0.15, 0.2) is 0 Å². The minimum atomic E-state index is -4.42. The van der Waals surface area contributed by atoms with E-state index in [0.29, 0.717) is 38.4 Å². The summed E-state index contributed by atoms with van der Waals surface area (Å²) in [5.74, 6) is 0. The first kappa shape index (κ1) is 19.3. The first-order valence-corrected chi connectivity index (χ1v) is 8.76. The van der Waals surface area contributed by atoms with Crippen molar-refractivity contribution in [3.05, 3.63) is 58.9 Å². The summed E-state index contributed by atoms with van der Waals surface area (Å²) in [6.45, 7) is 1.96. The van der Waals surface area contributed by atoms with Gasteiger partial charge in [0.2, 0.25) is 0 Å². The Labute approximate surface area is 159 Å². The minimum absolute atomic E-state index is 0.214. The molecule has 1 aliphatic rings. The molecule has 2 heterocycles. The SMILES string of the molecule is O=C(NCc1cccnc1)N1CCN(c2cc(C(F)(F)F)ccc2Cl)CC1. The average Bonchev–Trinajstić information content (AvgIpc) is 2.66. The van der Waals surface area contributed by atoms with Crippen molar-refractivity contribution in [2.24, 2.45) is 0 Å². The fraction of sp³-hybridized carbons (Fsp3) is 0.333. The van der Waals surface area contributed by atoms with Crippen molar-refractivity contribution in [3.63, 3.8) is 0 Å². The van der Waals surface area contributed by atoms with Gasteiger partial charge < -0.3 is 15.1 Å². The number of carbonyl (C=O) groups is 1. The van der Waals surface area contributed by atoms with Crippen molar-refractivity contribution in [3.8, 4) is 0 Å². The largest absolute Gasteiger partial charge is 0.416 e. The Morgan fingerprint density at radius 1 is 1.19 bits per heavy atom. The number of nitrogens with one attached hydrogen (secondary N) is 1. The number of amides is 2. The number of alkyl halides is 3. The average molecular weight is 399 g/mol. The van der Waals surface area contributed by atoms with Crippen molar-refractivity contribution in [2.45, 2.75) is 12.7 Å². The number of anilines is 1. The van der Waals surface area contributed by atoms with Crippen LogP contribution in [0.3, 0.4) is 0 Å². The number of aromatic nitrogens is 1.